The van der Waals surface area contributed by atoms with Gasteiger partial charge in [0.15, 0.2) is 10.8 Å². The molecule has 0 aromatic carbocycles. The van der Waals surface area contributed by atoms with Crippen LogP contribution in [0.25, 0.3) is 16.2 Å². The lowest BCUT2D eigenvalue weighted by Crippen LogP contribution is -2.55. The van der Waals surface area contributed by atoms with Gasteiger partial charge in [-0.15, -0.1) is 11.3 Å². The second kappa shape index (κ2) is 7.99. The molecule has 0 bridgehead atoms. The lowest BCUT2D eigenvalue weighted by Gasteiger charge is -2.39. The van der Waals surface area contributed by atoms with E-state index < -0.39 is 11.4 Å². The first-order valence-corrected chi connectivity index (χ1v) is 11.1. The van der Waals surface area contributed by atoms with Gasteiger partial charge in [-0.3, -0.25) is 14.2 Å². The maximum atomic E-state index is 12.8. The van der Waals surface area contributed by atoms with Crippen molar-refractivity contribution in [2.24, 2.45) is 5.92 Å². The number of fused-ring (bicyclic) bond motifs is 1. The minimum absolute atomic E-state index is 0.0000511. The van der Waals surface area contributed by atoms with E-state index in [1.54, 1.807) is 29.1 Å². The molecule has 5 heterocycles. The van der Waals surface area contributed by atoms with Crippen LogP contribution in [0.1, 0.15) is 22.3 Å². The molecule has 2 aliphatic heterocycles. The Morgan fingerprint density at radius 2 is 2.16 bits per heavy atom. The fourth-order valence-electron chi connectivity index (χ4n) is 3.91. The quantitative estimate of drug-likeness (QED) is 0.568. The van der Waals surface area contributed by atoms with E-state index in [1.165, 1.54) is 17.5 Å². The highest BCUT2D eigenvalue weighted by molar-refractivity contribution is 7.12. The van der Waals surface area contributed by atoms with Crippen LogP contribution in [-0.2, 0) is 9.53 Å². The van der Waals surface area contributed by atoms with Gasteiger partial charge in [-0.25, -0.2) is 14.8 Å². The van der Waals surface area contributed by atoms with E-state index in [2.05, 4.69) is 15.3 Å². The molecule has 0 saturated carbocycles. The van der Waals surface area contributed by atoms with Gasteiger partial charge in [0.1, 0.15) is 11.4 Å². The number of carbonyl (C=O) groups is 2. The number of aryl methyl sites for hydroxylation is 1. The van der Waals surface area contributed by atoms with Crippen LogP contribution >= 0.6 is 11.3 Å². The molecular weight excluding hydrogens is 434 g/mol. The van der Waals surface area contributed by atoms with Crippen LogP contribution in [-0.4, -0.2) is 63.9 Å². The average molecular weight is 455 g/mol. The third-order valence-electron chi connectivity index (χ3n) is 5.87. The molecule has 11 heteroatoms. The Hall–Kier alpha value is -3.31. The molecule has 0 aliphatic carbocycles. The van der Waals surface area contributed by atoms with Crippen molar-refractivity contribution in [1.82, 2.24) is 19.9 Å². The molecule has 1 unspecified atom stereocenters. The van der Waals surface area contributed by atoms with Gasteiger partial charge < -0.3 is 20.1 Å². The van der Waals surface area contributed by atoms with Gasteiger partial charge in [-0.1, -0.05) is 0 Å². The number of pyridine rings is 2. The Kier molecular flexibility index (Phi) is 5.14. The minimum Gasteiger partial charge on any atom is -0.477 e. The summed E-state index contributed by atoms with van der Waals surface area (Å²) in [5, 5.41) is 15.0. The first-order valence-electron chi connectivity index (χ1n) is 10.3. The Labute approximate surface area is 186 Å². The van der Waals surface area contributed by atoms with E-state index in [-0.39, 0.29) is 28.9 Å². The van der Waals surface area contributed by atoms with Gasteiger partial charge in [-0.2, -0.15) is 0 Å². The summed E-state index contributed by atoms with van der Waals surface area (Å²) >= 11 is 1.32. The fraction of sp³-hybridized carbons (Fsp3) is 0.381. The number of aromatic nitrogens is 3. The molecule has 32 heavy (non-hydrogen) atoms. The number of carboxylic acid groups (broad SMARTS) is 1. The number of anilines is 1. The van der Waals surface area contributed by atoms with Crippen LogP contribution in [0.5, 0.6) is 0 Å². The second-order valence-corrected chi connectivity index (χ2v) is 8.86. The molecule has 166 valence electrons. The van der Waals surface area contributed by atoms with Gasteiger partial charge in [-0.05, 0) is 25.0 Å². The second-order valence-electron chi connectivity index (χ2n) is 7.99. The van der Waals surface area contributed by atoms with Crippen molar-refractivity contribution in [3.8, 4) is 5.13 Å². The van der Waals surface area contributed by atoms with Crippen molar-refractivity contribution in [2.45, 2.75) is 19.4 Å². The van der Waals surface area contributed by atoms with Gasteiger partial charge in [0, 0.05) is 44.0 Å². The number of nitrogens with one attached hydrogen (secondary N) is 1. The largest absolute Gasteiger partial charge is 0.477 e. The lowest BCUT2D eigenvalue weighted by atomic mass is 9.98. The monoisotopic (exact) mass is 455 g/mol. The molecule has 5 rings (SSSR count). The van der Waals surface area contributed by atoms with E-state index in [1.807, 2.05) is 4.90 Å². The van der Waals surface area contributed by atoms with Crippen molar-refractivity contribution in [3.63, 3.8) is 0 Å². The molecule has 3 aromatic heterocycles. The highest BCUT2D eigenvalue weighted by atomic mass is 32.1. The summed E-state index contributed by atoms with van der Waals surface area (Å²) in [5.74, 6) is -0.799. The van der Waals surface area contributed by atoms with Crippen molar-refractivity contribution in [2.75, 3.05) is 31.1 Å². The van der Waals surface area contributed by atoms with Gasteiger partial charge in [0.2, 0.25) is 11.3 Å². The number of nitrogens with zero attached hydrogens (tertiary/aromatic N) is 4. The van der Waals surface area contributed by atoms with Crippen LogP contribution in [0.2, 0.25) is 0 Å². The normalized spacial score (nSPS) is 18.3. The fourth-order valence-corrected chi connectivity index (χ4v) is 4.53. The number of thiazole rings is 1. The summed E-state index contributed by atoms with van der Waals surface area (Å²) in [4.78, 5) is 47.8. The molecular formula is C21H21N5O5S. The number of aromatic carboxylic acids is 1. The van der Waals surface area contributed by atoms with E-state index in [0.717, 1.165) is 13.0 Å². The predicted molar refractivity (Wildman–Crippen MR) is 118 cm³/mol. The topological polar surface area (TPSA) is 127 Å². The Bertz CT molecular complexity index is 1260. The third kappa shape index (κ3) is 3.53. The van der Waals surface area contributed by atoms with Gasteiger partial charge >= 0.3 is 5.97 Å². The predicted octanol–water partition coefficient (Wildman–Crippen LogP) is 1.19. The number of rotatable bonds is 6. The molecule has 10 nitrogen and oxygen atoms in total. The molecule has 2 fully saturated rings. The molecule has 0 radical (unpaired) electrons. The summed E-state index contributed by atoms with van der Waals surface area (Å²) in [7, 11) is 0. The molecule has 2 aliphatic rings. The third-order valence-corrected chi connectivity index (χ3v) is 6.64. The lowest BCUT2D eigenvalue weighted by molar-refractivity contribution is -0.127. The van der Waals surface area contributed by atoms with E-state index >= 15 is 0 Å². The molecule has 2 N–H and O–H groups in total. The highest BCUT2D eigenvalue weighted by Gasteiger charge is 2.34. The molecule has 2 saturated heterocycles. The number of ether oxygens (including phenoxy) is 1. The SMILES string of the molecule is Cc1cc(N2CC(C(=O)NCC3CCO3)C2)nc2c1c(=O)c(C(=O)O)cn2-c1nccs1. The summed E-state index contributed by atoms with van der Waals surface area (Å²) in [6.07, 6.45) is 3.98. The summed E-state index contributed by atoms with van der Waals surface area (Å²) in [6.45, 7) is 4.09. The van der Waals surface area contributed by atoms with Gasteiger partial charge in [0.25, 0.3) is 0 Å². The highest BCUT2D eigenvalue weighted by Crippen LogP contribution is 2.28. The number of carbonyl (C=O) groups excluding carboxylic acids is 1. The molecule has 1 atom stereocenters. The smallest absolute Gasteiger partial charge is 0.341 e. The Balaban J connectivity index is 1.45. The van der Waals surface area contributed by atoms with Crippen LogP contribution in [0.3, 0.4) is 0 Å². The summed E-state index contributed by atoms with van der Waals surface area (Å²) in [6, 6.07) is 1.76. The average Bonchev–Trinajstić information content (AvgIpc) is 3.19. The van der Waals surface area contributed by atoms with Crippen molar-refractivity contribution < 1.29 is 19.4 Å². The Morgan fingerprint density at radius 1 is 1.38 bits per heavy atom. The van der Waals surface area contributed by atoms with E-state index in [4.69, 9.17) is 4.74 Å². The standard InChI is InChI=1S/C21H21N5O5S/c1-11-6-15(25-8-12(9-25)19(28)23-7-13-2-4-31-13)24-18-16(11)17(27)14(20(29)30)10-26(18)21-22-3-5-32-21/h3,5-6,10,12-13H,2,4,7-9H2,1H3,(H,23,28)(H,29,30). The number of hydrogen-bond donors (Lipinski definition) is 2. The minimum atomic E-state index is -1.30. The summed E-state index contributed by atoms with van der Waals surface area (Å²) < 4.78 is 6.87. The zero-order valence-corrected chi connectivity index (χ0v) is 18.1. The Morgan fingerprint density at radius 3 is 2.78 bits per heavy atom. The number of amides is 1. The summed E-state index contributed by atoms with van der Waals surface area (Å²) in [5.41, 5.74) is 0.0656. The number of hydrogen-bond acceptors (Lipinski definition) is 8. The molecule has 3 aromatic rings. The molecule has 0 spiro atoms. The number of carboxylic acids is 1. The molecule has 1 amide bonds. The van der Waals surface area contributed by atoms with E-state index in [0.29, 0.717) is 41.8 Å². The van der Waals surface area contributed by atoms with Crippen molar-refractivity contribution in [1.29, 1.82) is 0 Å². The van der Waals surface area contributed by atoms with Gasteiger partial charge in [0.05, 0.1) is 17.4 Å². The van der Waals surface area contributed by atoms with Crippen molar-refractivity contribution >= 4 is 40.1 Å². The zero-order chi connectivity index (χ0) is 22.4. The van der Waals surface area contributed by atoms with E-state index in [9.17, 15) is 19.5 Å². The van der Waals surface area contributed by atoms with Crippen LogP contribution in [0.4, 0.5) is 5.82 Å². The first kappa shape index (κ1) is 20.6. The van der Waals surface area contributed by atoms with Crippen LogP contribution in [0, 0.1) is 12.8 Å². The van der Waals surface area contributed by atoms with Crippen LogP contribution < -0.4 is 15.6 Å². The van der Waals surface area contributed by atoms with Crippen molar-refractivity contribution in [3.05, 3.63) is 45.2 Å². The zero-order valence-electron chi connectivity index (χ0n) is 17.3. The maximum Gasteiger partial charge on any atom is 0.341 e. The van der Waals surface area contributed by atoms with Crippen LogP contribution in [0.15, 0.2) is 28.6 Å². The first-order chi connectivity index (χ1) is 15.4. The maximum absolute atomic E-state index is 12.8.